The number of pyridine rings is 1. The Morgan fingerprint density at radius 2 is 1.89 bits per heavy atom. The van der Waals surface area contributed by atoms with E-state index in [2.05, 4.69) is 15.0 Å². The monoisotopic (exact) mass is 398 g/mol. The standard InChI is InChI=1S/C21H19ClN2O4/c1-27-21(26)15-6-4-14(5-7-15)10-12-23-19(25)13-28-18-9-8-17(22)16-3-2-11-24-20(16)18/h2-9,11H,10,12-13H2,1H3,(H,23,25). The average molecular weight is 399 g/mol. The van der Waals surface area contributed by atoms with E-state index in [9.17, 15) is 9.59 Å². The fourth-order valence-electron chi connectivity index (χ4n) is 2.69. The minimum absolute atomic E-state index is 0.116. The van der Waals surface area contributed by atoms with Crippen LogP contribution < -0.4 is 10.1 Å². The molecular formula is C21H19ClN2O4. The van der Waals surface area contributed by atoms with Crippen LogP contribution in [0, 0.1) is 0 Å². The van der Waals surface area contributed by atoms with Crippen LogP contribution >= 0.6 is 11.6 Å². The fourth-order valence-corrected chi connectivity index (χ4v) is 2.91. The molecule has 3 aromatic rings. The first-order chi connectivity index (χ1) is 13.6. The third kappa shape index (κ3) is 4.78. The normalized spacial score (nSPS) is 10.5. The summed E-state index contributed by atoms with van der Waals surface area (Å²) in [5.41, 5.74) is 2.11. The van der Waals surface area contributed by atoms with E-state index in [1.807, 2.05) is 18.2 Å². The molecule has 0 aliphatic rings. The summed E-state index contributed by atoms with van der Waals surface area (Å²) >= 11 is 6.15. The summed E-state index contributed by atoms with van der Waals surface area (Å²) < 4.78 is 10.3. The molecule has 1 amide bonds. The highest BCUT2D eigenvalue weighted by Gasteiger charge is 2.09. The third-order valence-corrected chi connectivity index (χ3v) is 4.48. The van der Waals surface area contributed by atoms with Gasteiger partial charge in [-0.05, 0) is 48.4 Å². The number of carbonyl (C=O) groups is 2. The van der Waals surface area contributed by atoms with Gasteiger partial charge >= 0.3 is 5.97 Å². The van der Waals surface area contributed by atoms with Crippen LogP contribution in [0.3, 0.4) is 0 Å². The minimum atomic E-state index is -0.374. The van der Waals surface area contributed by atoms with Crippen molar-refractivity contribution in [2.45, 2.75) is 6.42 Å². The molecule has 0 saturated heterocycles. The molecule has 2 aromatic carbocycles. The molecule has 144 valence electrons. The predicted molar refractivity (Wildman–Crippen MR) is 107 cm³/mol. The molecule has 6 nitrogen and oxygen atoms in total. The number of hydrogen-bond acceptors (Lipinski definition) is 5. The lowest BCUT2D eigenvalue weighted by Gasteiger charge is -2.10. The molecule has 7 heteroatoms. The molecule has 3 rings (SSSR count). The van der Waals surface area contributed by atoms with Crippen LogP contribution in [0.15, 0.2) is 54.7 Å². The van der Waals surface area contributed by atoms with E-state index >= 15 is 0 Å². The Kier molecular flexibility index (Phi) is 6.45. The topological polar surface area (TPSA) is 77.5 Å². The molecule has 0 aliphatic carbocycles. The molecular weight excluding hydrogens is 380 g/mol. The van der Waals surface area contributed by atoms with E-state index in [4.69, 9.17) is 16.3 Å². The van der Waals surface area contributed by atoms with Gasteiger partial charge in [0.15, 0.2) is 6.61 Å². The molecule has 0 saturated carbocycles. The number of methoxy groups -OCH3 is 1. The molecule has 0 radical (unpaired) electrons. The first kappa shape index (κ1) is 19.6. The number of esters is 1. The van der Waals surface area contributed by atoms with Crippen molar-refractivity contribution in [3.8, 4) is 5.75 Å². The number of carbonyl (C=O) groups excluding carboxylic acids is 2. The average Bonchev–Trinajstić information content (AvgIpc) is 2.73. The van der Waals surface area contributed by atoms with Crippen molar-refractivity contribution < 1.29 is 19.1 Å². The van der Waals surface area contributed by atoms with Gasteiger partial charge in [0.2, 0.25) is 0 Å². The number of benzene rings is 2. The highest BCUT2D eigenvalue weighted by Crippen LogP contribution is 2.29. The van der Waals surface area contributed by atoms with Gasteiger partial charge in [-0.25, -0.2) is 4.79 Å². The summed E-state index contributed by atoms with van der Waals surface area (Å²) in [6.45, 7) is 0.341. The van der Waals surface area contributed by atoms with Gasteiger partial charge in [-0.15, -0.1) is 0 Å². The van der Waals surface area contributed by atoms with E-state index in [1.54, 1.807) is 36.5 Å². The summed E-state index contributed by atoms with van der Waals surface area (Å²) in [5, 5.41) is 4.16. The van der Waals surface area contributed by atoms with Crippen molar-refractivity contribution in [3.63, 3.8) is 0 Å². The molecule has 0 bridgehead atoms. The molecule has 0 aliphatic heterocycles. The van der Waals surface area contributed by atoms with Crippen LogP contribution in [-0.4, -0.2) is 37.1 Å². The number of aromatic nitrogens is 1. The Morgan fingerprint density at radius 1 is 1.11 bits per heavy atom. The zero-order valence-corrected chi connectivity index (χ0v) is 16.0. The van der Waals surface area contributed by atoms with Crippen molar-refractivity contribution in [2.75, 3.05) is 20.3 Å². The summed E-state index contributed by atoms with van der Waals surface area (Å²) in [5.74, 6) is -0.0972. The van der Waals surface area contributed by atoms with Gasteiger partial charge in [-0.3, -0.25) is 9.78 Å². The van der Waals surface area contributed by atoms with E-state index in [-0.39, 0.29) is 18.5 Å². The molecule has 1 aromatic heterocycles. The fraction of sp³-hybridized carbons (Fsp3) is 0.190. The van der Waals surface area contributed by atoms with Crippen molar-refractivity contribution in [1.82, 2.24) is 10.3 Å². The summed E-state index contributed by atoms with van der Waals surface area (Å²) in [4.78, 5) is 27.7. The van der Waals surface area contributed by atoms with E-state index in [1.165, 1.54) is 7.11 Å². The second-order valence-electron chi connectivity index (χ2n) is 6.02. The van der Waals surface area contributed by atoms with Gasteiger partial charge in [-0.1, -0.05) is 23.7 Å². The number of rotatable bonds is 7. The maximum absolute atomic E-state index is 12.0. The zero-order chi connectivity index (χ0) is 19.9. The first-order valence-corrected chi connectivity index (χ1v) is 9.06. The molecule has 0 spiro atoms. The van der Waals surface area contributed by atoms with Gasteiger partial charge in [0, 0.05) is 18.1 Å². The minimum Gasteiger partial charge on any atom is -0.481 e. The Hall–Kier alpha value is -3.12. The van der Waals surface area contributed by atoms with Crippen LogP contribution in [0.25, 0.3) is 10.9 Å². The lowest BCUT2D eigenvalue weighted by molar-refractivity contribution is -0.123. The number of fused-ring (bicyclic) bond motifs is 1. The quantitative estimate of drug-likeness (QED) is 0.617. The maximum atomic E-state index is 12.0. The smallest absolute Gasteiger partial charge is 0.337 e. The highest BCUT2D eigenvalue weighted by molar-refractivity contribution is 6.35. The molecule has 28 heavy (non-hydrogen) atoms. The van der Waals surface area contributed by atoms with E-state index in [0.29, 0.717) is 34.8 Å². The number of hydrogen-bond donors (Lipinski definition) is 1. The van der Waals surface area contributed by atoms with E-state index < -0.39 is 0 Å². The van der Waals surface area contributed by atoms with Crippen molar-refractivity contribution in [2.24, 2.45) is 0 Å². The lowest BCUT2D eigenvalue weighted by atomic mass is 10.1. The number of amides is 1. The highest BCUT2D eigenvalue weighted by atomic mass is 35.5. The maximum Gasteiger partial charge on any atom is 0.337 e. The van der Waals surface area contributed by atoms with E-state index in [0.717, 1.165) is 10.9 Å². The van der Waals surface area contributed by atoms with Gasteiger partial charge in [0.05, 0.1) is 17.7 Å². The summed E-state index contributed by atoms with van der Waals surface area (Å²) in [6.07, 6.45) is 2.29. The Morgan fingerprint density at radius 3 is 2.64 bits per heavy atom. The van der Waals surface area contributed by atoms with Crippen LogP contribution in [0.4, 0.5) is 0 Å². The number of nitrogens with zero attached hydrogens (tertiary/aromatic N) is 1. The third-order valence-electron chi connectivity index (χ3n) is 4.15. The van der Waals surface area contributed by atoms with Crippen LogP contribution in [-0.2, 0) is 16.0 Å². The molecule has 0 fully saturated rings. The van der Waals surface area contributed by atoms with Gasteiger partial charge in [0.25, 0.3) is 5.91 Å². The number of halogens is 1. The SMILES string of the molecule is COC(=O)c1ccc(CCNC(=O)COc2ccc(Cl)c3cccnc23)cc1. The van der Waals surface area contributed by atoms with Gasteiger partial charge in [-0.2, -0.15) is 0 Å². The second-order valence-corrected chi connectivity index (χ2v) is 6.43. The molecule has 0 atom stereocenters. The molecule has 1 heterocycles. The Bertz CT molecular complexity index is 989. The lowest BCUT2D eigenvalue weighted by Crippen LogP contribution is -2.30. The predicted octanol–water partition coefficient (Wildman–Crippen LogP) is 3.41. The van der Waals surface area contributed by atoms with Crippen LogP contribution in [0.1, 0.15) is 15.9 Å². The molecule has 1 N–H and O–H groups in total. The van der Waals surface area contributed by atoms with Gasteiger partial charge < -0.3 is 14.8 Å². The van der Waals surface area contributed by atoms with Crippen molar-refractivity contribution in [1.29, 1.82) is 0 Å². The first-order valence-electron chi connectivity index (χ1n) is 8.68. The van der Waals surface area contributed by atoms with Crippen LogP contribution in [0.2, 0.25) is 5.02 Å². The Labute approximate surface area is 167 Å². The summed E-state index contributed by atoms with van der Waals surface area (Å²) in [6, 6.07) is 14.1. The van der Waals surface area contributed by atoms with Crippen molar-refractivity contribution in [3.05, 3.63) is 70.9 Å². The largest absolute Gasteiger partial charge is 0.481 e. The number of ether oxygens (including phenoxy) is 2. The van der Waals surface area contributed by atoms with Crippen LogP contribution in [0.5, 0.6) is 5.75 Å². The van der Waals surface area contributed by atoms with Crippen molar-refractivity contribution >= 4 is 34.4 Å². The Balaban J connectivity index is 1.49. The zero-order valence-electron chi connectivity index (χ0n) is 15.3. The summed E-state index contributed by atoms with van der Waals surface area (Å²) in [7, 11) is 1.34. The van der Waals surface area contributed by atoms with Gasteiger partial charge in [0.1, 0.15) is 11.3 Å². The second kappa shape index (κ2) is 9.19. The molecule has 0 unspecified atom stereocenters. The number of nitrogens with one attached hydrogen (secondary N) is 1.